The minimum atomic E-state index is 0.271. The minimum Gasteiger partial charge on any atom is -0.454 e. The summed E-state index contributed by atoms with van der Waals surface area (Å²) in [6.45, 7) is 0.893. The molecule has 1 aliphatic heterocycles. The molecule has 0 spiro atoms. The third kappa shape index (κ3) is 2.43. The van der Waals surface area contributed by atoms with Crippen molar-refractivity contribution in [3.05, 3.63) is 52.0 Å². The summed E-state index contributed by atoms with van der Waals surface area (Å²) in [6, 6.07) is 13.4. The first-order valence-electron chi connectivity index (χ1n) is 6.09. The number of ether oxygens (including phenoxy) is 2. The molecule has 0 unspecified atom stereocenters. The molecule has 0 atom stereocenters. The van der Waals surface area contributed by atoms with E-state index in [1.807, 2.05) is 24.3 Å². The number of fused-ring (bicyclic) bond motifs is 1. The highest BCUT2D eigenvalue weighted by molar-refractivity contribution is 9.10. The van der Waals surface area contributed by atoms with Crippen molar-refractivity contribution < 1.29 is 9.47 Å². The molecule has 0 aromatic heterocycles. The SMILES string of the molecule is N#Cc1ccc(NCc2cccc3c2OCO3)c(Br)c1. The van der Waals surface area contributed by atoms with E-state index in [0.717, 1.165) is 27.2 Å². The van der Waals surface area contributed by atoms with E-state index < -0.39 is 0 Å². The van der Waals surface area contributed by atoms with Gasteiger partial charge in [0.25, 0.3) is 0 Å². The van der Waals surface area contributed by atoms with E-state index in [0.29, 0.717) is 12.1 Å². The van der Waals surface area contributed by atoms with Crippen LogP contribution in [0.4, 0.5) is 5.69 Å². The minimum absolute atomic E-state index is 0.271. The lowest BCUT2D eigenvalue weighted by molar-refractivity contribution is 0.173. The van der Waals surface area contributed by atoms with Crippen LogP contribution in [0.5, 0.6) is 11.5 Å². The molecule has 4 nitrogen and oxygen atoms in total. The lowest BCUT2D eigenvalue weighted by Crippen LogP contribution is -2.02. The van der Waals surface area contributed by atoms with Crippen molar-refractivity contribution in [2.75, 3.05) is 12.1 Å². The Morgan fingerprint density at radius 2 is 2.15 bits per heavy atom. The van der Waals surface area contributed by atoms with Gasteiger partial charge in [-0.25, -0.2) is 0 Å². The quantitative estimate of drug-likeness (QED) is 0.933. The number of nitriles is 1. The van der Waals surface area contributed by atoms with E-state index in [-0.39, 0.29) is 6.79 Å². The van der Waals surface area contributed by atoms with Gasteiger partial charge in [0.15, 0.2) is 11.5 Å². The Morgan fingerprint density at radius 1 is 1.25 bits per heavy atom. The number of nitrogens with zero attached hydrogens (tertiary/aromatic N) is 1. The maximum atomic E-state index is 8.84. The third-order valence-electron chi connectivity index (χ3n) is 3.05. The van der Waals surface area contributed by atoms with Crippen molar-refractivity contribution >= 4 is 21.6 Å². The highest BCUT2D eigenvalue weighted by Crippen LogP contribution is 2.36. The standard InChI is InChI=1S/C15H11BrN2O2/c16-12-6-10(7-17)4-5-13(12)18-8-11-2-1-3-14-15(11)20-9-19-14/h1-6,18H,8-9H2. The van der Waals surface area contributed by atoms with Crippen LogP contribution >= 0.6 is 15.9 Å². The molecule has 0 saturated heterocycles. The highest BCUT2D eigenvalue weighted by Gasteiger charge is 2.16. The van der Waals surface area contributed by atoms with Crippen molar-refractivity contribution in [1.82, 2.24) is 0 Å². The second kappa shape index (κ2) is 5.43. The van der Waals surface area contributed by atoms with E-state index in [9.17, 15) is 0 Å². The van der Waals surface area contributed by atoms with Crippen LogP contribution in [0.15, 0.2) is 40.9 Å². The van der Waals surface area contributed by atoms with Gasteiger partial charge >= 0.3 is 0 Å². The molecule has 1 aliphatic rings. The first kappa shape index (κ1) is 12.8. The zero-order chi connectivity index (χ0) is 13.9. The van der Waals surface area contributed by atoms with Crippen LogP contribution in [0.25, 0.3) is 0 Å². The van der Waals surface area contributed by atoms with Crippen molar-refractivity contribution in [1.29, 1.82) is 5.26 Å². The Balaban J connectivity index is 1.78. The van der Waals surface area contributed by atoms with Gasteiger partial charge in [0, 0.05) is 22.3 Å². The lowest BCUT2D eigenvalue weighted by Gasteiger charge is -2.10. The molecular formula is C15H11BrN2O2. The number of hydrogen-bond acceptors (Lipinski definition) is 4. The molecule has 0 saturated carbocycles. The molecule has 1 N–H and O–H groups in total. The van der Waals surface area contributed by atoms with E-state index in [1.165, 1.54) is 0 Å². The Kier molecular flexibility index (Phi) is 3.48. The van der Waals surface area contributed by atoms with Crippen molar-refractivity contribution in [3.63, 3.8) is 0 Å². The van der Waals surface area contributed by atoms with Crippen molar-refractivity contribution in [2.45, 2.75) is 6.54 Å². The first-order chi connectivity index (χ1) is 9.78. The third-order valence-corrected chi connectivity index (χ3v) is 3.70. The van der Waals surface area contributed by atoms with Gasteiger partial charge in [0.2, 0.25) is 6.79 Å². The monoisotopic (exact) mass is 330 g/mol. The summed E-state index contributed by atoms with van der Waals surface area (Å²) in [6.07, 6.45) is 0. The van der Waals surface area contributed by atoms with Crippen LogP contribution in [0.3, 0.4) is 0 Å². The summed E-state index contributed by atoms with van der Waals surface area (Å²) in [5.41, 5.74) is 2.59. The number of rotatable bonds is 3. The van der Waals surface area contributed by atoms with Crippen LogP contribution < -0.4 is 14.8 Å². The van der Waals surface area contributed by atoms with Crippen LogP contribution in [0.2, 0.25) is 0 Å². The van der Waals surface area contributed by atoms with Gasteiger partial charge in [-0.15, -0.1) is 0 Å². The lowest BCUT2D eigenvalue weighted by atomic mass is 10.1. The Hall–Kier alpha value is -2.19. The second-order valence-electron chi connectivity index (χ2n) is 4.31. The molecule has 0 bridgehead atoms. The van der Waals surface area contributed by atoms with Crippen molar-refractivity contribution in [3.8, 4) is 17.6 Å². The molecule has 5 heteroatoms. The average Bonchev–Trinajstić information content (AvgIpc) is 2.95. The summed E-state index contributed by atoms with van der Waals surface area (Å²) >= 11 is 3.45. The van der Waals surface area contributed by atoms with Crippen LogP contribution in [-0.4, -0.2) is 6.79 Å². The number of anilines is 1. The smallest absolute Gasteiger partial charge is 0.231 e. The average molecular weight is 331 g/mol. The Bertz CT molecular complexity index is 695. The van der Waals surface area contributed by atoms with E-state index in [2.05, 4.69) is 27.3 Å². The van der Waals surface area contributed by atoms with Crippen LogP contribution in [0, 0.1) is 11.3 Å². The molecule has 0 amide bonds. The Labute approximate surface area is 125 Å². The Morgan fingerprint density at radius 3 is 2.95 bits per heavy atom. The molecule has 20 heavy (non-hydrogen) atoms. The fraction of sp³-hybridized carbons (Fsp3) is 0.133. The fourth-order valence-electron chi connectivity index (χ4n) is 2.05. The van der Waals surface area contributed by atoms with Gasteiger partial charge in [0.05, 0.1) is 11.6 Å². The summed E-state index contributed by atoms with van der Waals surface area (Å²) in [5.74, 6) is 1.58. The molecule has 100 valence electrons. The molecular weight excluding hydrogens is 320 g/mol. The summed E-state index contributed by atoms with van der Waals surface area (Å²) in [7, 11) is 0. The van der Waals surface area contributed by atoms with Gasteiger partial charge in [-0.1, -0.05) is 12.1 Å². The summed E-state index contributed by atoms with van der Waals surface area (Å²) in [4.78, 5) is 0. The maximum Gasteiger partial charge on any atom is 0.231 e. The van der Waals surface area contributed by atoms with Gasteiger partial charge < -0.3 is 14.8 Å². The van der Waals surface area contributed by atoms with E-state index in [4.69, 9.17) is 14.7 Å². The predicted molar refractivity (Wildman–Crippen MR) is 78.7 cm³/mol. The normalized spacial score (nSPS) is 12.0. The molecule has 3 rings (SSSR count). The number of benzene rings is 2. The summed E-state index contributed by atoms with van der Waals surface area (Å²) < 4.78 is 11.7. The summed E-state index contributed by atoms with van der Waals surface area (Å²) in [5, 5.41) is 12.2. The van der Waals surface area contributed by atoms with E-state index >= 15 is 0 Å². The van der Waals surface area contributed by atoms with Gasteiger partial charge in [0.1, 0.15) is 0 Å². The fourth-order valence-corrected chi connectivity index (χ4v) is 2.57. The molecule has 0 fully saturated rings. The second-order valence-corrected chi connectivity index (χ2v) is 5.17. The molecule has 1 heterocycles. The van der Waals surface area contributed by atoms with E-state index in [1.54, 1.807) is 12.1 Å². The van der Waals surface area contributed by atoms with Crippen LogP contribution in [-0.2, 0) is 6.54 Å². The number of para-hydroxylation sites is 1. The zero-order valence-corrected chi connectivity index (χ0v) is 12.1. The topological polar surface area (TPSA) is 54.3 Å². The van der Waals surface area contributed by atoms with Gasteiger partial charge in [-0.2, -0.15) is 5.26 Å². The van der Waals surface area contributed by atoms with Crippen molar-refractivity contribution in [2.24, 2.45) is 0 Å². The number of halogens is 1. The molecule has 2 aromatic carbocycles. The number of nitrogens with one attached hydrogen (secondary N) is 1. The molecule has 0 radical (unpaired) electrons. The highest BCUT2D eigenvalue weighted by atomic mass is 79.9. The van der Waals surface area contributed by atoms with Crippen LogP contribution in [0.1, 0.15) is 11.1 Å². The number of hydrogen-bond donors (Lipinski definition) is 1. The predicted octanol–water partition coefficient (Wildman–Crippen LogP) is 3.66. The molecule has 0 aliphatic carbocycles. The maximum absolute atomic E-state index is 8.84. The zero-order valence-electron chi connectivity index (χ0n) is 10.5. The van der Waals surface area contributed by atoms with Gasteiger partial charge in [-0.05, 0) is 40.2 Å². The molecule has 2 aromatic rings. The van der Waals surface area contributed by atoms with Gasteiger partial charge in [-0.3, -0.25) is 0 Å². The largest absolute Gasteiger partial charge is 0.454 e. The first-order valence-corrected chi connectivity index (χ1v) is 6.88.